The molecule has 6 aromatic rings. The first-order valence-corrected chi connectivity index (χ1v) is 13.9. The van der Waals surface area contributed by atoms with Crippen molar-refractivity contribution in [3.63, 3.8) is 0 Å². The minimum absolute atomic E-state index is 0.170. The normalized spacial score (nSPS) is 11.8. The fourth-order valence-electron chi connectivity index (χ4n) is 4.39. The van der Waals surface area contributed by atoms with E-state index in [2.05, 4.69) is 10.1 Å². The lowest BCUT2D eigenvalue weighted by Crippen LogP contribution is -2.28. The predicted octanol–water partition coefficient (Wildman–Crippen LogP) is 4.43. The van der Waals surface area contributed by atoms with E-state index in [-0.39, 0.29) is 22.8 Å². The van der Waals surface area contributed by atoms with Crippen molar-refractivity contribution in [1.82, 2.24) is 24.4 Å². The van der Waals surface area contributed by atoms with Crippen LogP contribution in [0.5, 0.6) is 5.75 Å². The van der Waals surface area contributed by atoms with Gasteiger partial charge in [-0.15, -0.1) is 0 Å². The van der Waals surface area contributed by atoms with E-state index in [1.54, 1.807) is 29.1 Å². The van der Waals surface area contributed by atoms with E-state index in [4.69, 9.17) is 9.84 Å². The van der Waals surface area contributed by atoms with Gasteiger partial charge in [-0.2, -0.15) is 19.7 Å². The average Bonchev–Trinajstić information content (AvgIpc) is 3.54. The van der Waals surface area contributed by atoms with Crippen LogP contribution in [0.15, 0.2) is 94.6 Å². The molecule has 3 aromatic heterocycles. The molecule has 8 nitrogen and oxygen atoms in total. The van der Waals surface area contributed by atoms with Gasteiger partial charge in [-0.1, -0.05) is 66.8 Å². The number of thiazole rings is 1. The molecule has 0 atom stereocenters. The summed E-state index contributed by atoms with van der Waals surface area (Å²) in [7, 11) is 0. The molecule has 0 aliphatic carbocycles. The lowest BCUT2D eigenvalue weighted by atomic mass is 10.1. The molecule has 0 bridgehead atoms. The van der Waals surface area contributed by atoms with E-state index in [1.165, 1.54) is 6.07 Å². The molecule has 0 radical (unpaired) electrons. The average molecular weight is 566 g/mol. The first-order chi connectivity index (χ1) is 20.0. The lowest BCUT2D eigenvalue weighted by Gasteiger charge is -2.07. The van der Waals surface area contributed by atoms with Gasteiger partial charge >= 0.3 is 0 Å². The zero-order chi connectivity index (χ0) is 28.3. The van der Waals surface area contributed by atoms with Crippen molar-refractivity contribution >= 4 is 22.4 Å². The van der Waals surface area contributed by atoms with Crippen LogP contribution in [0, 0.1) is 5.82 Å². The molecule has 204 valence electrons. The van der Waals surface area contributed by atoms with E-state index < -0.39 is 16.9 Å². The standard InChI is InChI=1S/C31H24FN5O3S/c1-2-15-40-26-14-13-21(17-24(26)32)28-22(19-36(35-28)23-11-7-4-8-12-23)18-27-30(39)37-31(41-27)33-29(38)25(34-37)16-20-9-5-3-6-10-20/h3-14,17-19H,2,15-16H2,1H3/b27-18-. The Morgan fingerprint density at radius 1 is 0.976 bits per heavy atom. The summed E-state index contributed by atoms with van der Waals surface area (Å²) in [5.74, 6) is -0.330. The minimum atomic E-state index is -0.500. The summed E-state index contributed by atoms with van der Waals surface area (Å²) < 4.78 is 23.6. The van der Waals surface area contributed by atoms with Gasteiger partial charge in [-0.05, 0) is 48.4 Å². The van der Waals surface area contributed by atoms with E-state index >= 15 is 0 Å². The van der Waals surface area contributed by atoms with Gasteiger partial charge < -0.3 is 4.74 Å². The zero-order valence-corrected chi connectivity index (χ0v) is 22.8. The van der Waals surface area contributed by atoms with Crippen molar-refractivity contribution in [3.8, 4) is 22.7 Å². The Bertz CT molecular complexity index is 2020. The maximum Gasteiger partial charge on any atom is 0.296 e. The first kappa shape index (κ1) is 26.3. The number of hydrogen-bond acceptors (Lipinski definition) is 7. The summed E-state index contributed by atoms with van der Waals surface area (Å²) >= 11 is 1.06. The molecule has 3 heterocycles. The monoisotopic (exact) mass is 565 g/mol. The van der Waals surface area contributed by atoms with Crippen LogP contribution in [0.25, 0.3) is 28.0 Å². The number of benzene rings is 3. The quantitative estimate of drug-likeness (QED) is 0.271. The molecule has 0 fully saturated rings. The summed E-state index contributed by atoms with van der Waals surface area (Å²) in [4.78, 5) is 30.4. The number of halogens is 1. The van der Waals surface area contributed by atoms with Gasteiger partial charge in [0.2, 0.25) is 4.96 Å². The predicted molar refractivity (Wildman–Crippen MR) is 156 cm³/mol. The minimum Gasteiger partial charge on any atom is -0.491 e. The summed E-state index contributed by atoms with van der Waals surface area (Å²) in [6, 6.07) is 23.6. The largest absolute Gasteiger partial charge is 0.491 e. The molecule has 0 saturated heterocycles. The number of hydrogen-bond donors (Lipinski definition) is 0. The van der Waals surface area contributed by atoms with E-state index in [0.29, 0.717) is 28.0 Å². The number of aromatic nitrogens is 5. The molecule has 10 heteroatoms. The Labute approximate surface area is 237 Å². The van der Waals surface area contributed by atoms with Crippen molar-refractivity contribution < 1.29 is 9.13 Å². The molecule has 0 aliphatic rings. The molecule has 6 rings (SSSR count). The maximum absolute atomic E-state index is 14.9. The van der Waals surface area contributed by atoms with E-state index in [0.717, 1.165) is 33.5 Å². The molecule has 0 spiro atoms. The van der Waals surface area contributed by atoms with Gasteiger partial charge in [-0.3, -0.25) is 9.59 Å². The van der Waals surface area contributed by atoms with Gasteiger partial charge in [0, 0.05) is 23.7 Å². The topological polar surface area (TPSA) is 91.4 Å². The van der Waals surface area contributed by atoms with E-state index in [9.17, 15) is 14.0 Å². The third kappa shape index (κ3) is 5.42. The molecule has 3 aromatic carbocycles. The summed E-state index contributed by atoms with van der Waals surface area (Å²) in [5, 5.41) is 9.08. The summed E-state index contributed by atoms with van der Waals surface area (Å²) in [5.41, 5.74) is 2.60. The van der Waals surface area contributed by atoms with Crippen molar-refractivity contribution in [2.24, 2.45) is 0 Å². The Hall–Kier alpha value is -4.96. The highest BCUT2D eigenvalue weighted by molar-refractivity contribution is 7.15. The van der Waals surface area contributed by atoms with Crippen molar-refractivity contribution in [3.05, 3.63) is 133 Å². The number of para-hydroxylation sites is 1. The number of rotatable bonds is 8. The highest BCUT2D eigenvalue weighted by Crippen LogP contribution is 2.28. The Balaban J connectivity index is 1.47. The molecule has 0 unspecified atom stereocenters. The van der Waals surface area contributed by atoms with E-state index in [1.807, 2.05) is 67.6 Å². The second kappa shape index (κ2) is 11.3. The fraction of sp³-hybridized carbons (Fsp3) is 0.129. The van der Waals surface area contributed by atoms with Gasteiger partial charge in [0.25, 0.3) is 11.1 Å². The highest BCUT2D eigenvalue weighted by atomic mass is 32.1. The lowest BCUT2D eigenvalue weighted by molar-refractivity contribution is 0.301. The van der Waals surface area contributed by atoms with Crippen LogP contribution in [0.4, 0.5) is 4.39 Å². The van der Waals surface area contributed by atoms with Gasteiger partial charge in [0.05, 0.1) is 16.8 Å². The number of fused-ring (bicyclic) bond motifs is 1. The van der Waals surface area contributed by atoms with Crippen LogP contribution >= 0.6 is 11.3 Å². The number of ether oxygens (including phenoxy) is 1. The summed E-state index contributed by atoms with van der Waals surface area (Å²) in [6.45, 7) is 2.36. The SMILES string of the molecule is CCCOc1ccc(-c2nn(-c3ccccc3)cc2/C=c2\sc3nc(=O)c(Cc4ccccc4)nn3c2=O)cc1F. The Morgan fingerprint density at radius 3 is 2.46 bits per heavy atom. The van der Waals surface area contributed by atoms with Gasteiger partial charge in [0.15, 0.2) is 11.6 Å². The summed E-state index contributed by atoms with van der Waals surface area (Å²) in [6.07, 6.45) is 4.48. The van der Waals surface area contributed by atoms with Crippen LogP contribution in [0.1, 0.15) is 30.2 Å². The molecular formula is C31H24FN5O3S. The molecular weight excluding hydrogens is 541 g/mol. The zero-order valence-electron chi connectivity index (χ0n) is 22.0. The smallest absolute Gasteiger partial charge is 0.296 e. The van der Waals surface area contributed by atoms with Crippen molar-refractivity contribution in [2.75, 3.05) is 6.61 Å². The van der Waals surface area contributed by atoms with Crippen LogP contribution in [0.2, 0.25) is 0 Å². The maximum atomic E-state index is 14.9. The van der Waals surface area contributed by atoms with Gasteiger partial charge in [-0.25, -0.2) is 9.07 Å². The van der Waals surface area contributed by atoms with Crippen LogP contribution in [-0.4, -0.2) is 31.0 Å². The number of nitrogens with zero attached hydrogens (tertiary/aromatic N) is 5. The molecule has 0 saturated carbocycles. The van der Waals surface area contributed by atoms with Crippen molar-refractivity contribution in [1.29, 1.82) is 0 Å². The molecule has 0 N–H and O–H groups in total. The highest BCUT2D eigenvalue weighted by Gasteiger charge is 2.16. The van der Waals surface area contributed by atoms with Crippen molar-refractivity contribution in [2.45, 2.75) is 19.8 Å². The Kier molecular flexibility index (Phi) is 7.22. The third-order valence-corrected chi connectivity index (χ3v) is 7.34. The Morgan fingerprint density at radius 2 is 1.73 bits per heavy atom. The molecule has 41 heavy (non-hydrogen) atoms. The van der Waals surface area contributed by atoms with Crippen LogP contribution in [-0.2, 0) is 6.42 Å². The third-order valence-electron chi connectivity index (χ3n) is 6.38. The van der Waals surface area contributed by atoms with Crippen LogP contribution in [0.3, 0.4) is 0 Å². The van der Waals surface area contributed by atoms with Gasteiger partial charge in [0.1, 0.15) is 11.4 Å². The first-order valence-electron chi connectivity index (χ1n) is 13.1. The molecule has 0 aliphatic heterocycles. The fourth-order valence-corrected chi connectivity index (χ4v) is 5.28. The van der Waals surface area contributed by atoms with Crippen LogP contribution < -0.4 is 20.4 Å². The second-order valence-corrected chi connectivity index (χ2v) is 10.4. The second-order valence-electron chi connectivity index (χ2n) is 9.34. The molecule has 0 amide bonds.